The van der Waals surface area contributed by atoms with Crippen molar-refractivity contribution in [1.29, 1.82) is 0 Å². The Bertz CT molecular complexity index is 820. The van der Waals surface area contributed by atoms with Crippen LogP contribution < -0.4 is 10.6 Å². The molecule has 0 fully saturated rings. The Morgan fingerprint density at radius 1 is 0.967 bits per heavy atom. The standard InChI is InChI=1S/C22H29N5O3/c1-3-27(4-2)15-14-23-20(22(29)30)16-21(28)24-17-10-12-19(13-11-17)26-25-18-8-6-5-7-9-18/h5-13,20,23H,3-4,14-16H2,1-2H3,(H,24,28)(H,29,30)/t20-/m0/s1. The predicted octanol–water partition coefficient (Wildman–Crippen LogP) is 3.82. The maximum absolute atomic E-state index is 12.3. The van der Waals surface area contributed by atoms with Crippen molar-refractivity contribution in [1.82, 2.24) is 10.2 Å². The molecule has 2 aromatic carbocycles. The Hall–Kier alpha value is -3.10. The molecule has 0 bridgehead atoms. The minimum atomic E-state index is -1.04. The molecule has 0 heterocycles. The second-order valence-corrected chi connectivity index (χ2v) is 6.71. The zero-order chi connectivity index (χ0) is 21.8. The summed E-state index contributed by atoms with van der Waals surface area (Å²) in [6, 6.07) is 15.3. The van der Waals surface area contributed by atoms with Gasteiger partial charge in [-0.05, 0) is 49.5 Å². The number of hydrogen-bond donors (Lipinski definition) is 3. The first-order valence-corrected chi connectivity index (χ1v) is 10.1. The van der Waals surface area contributed by atoms with E-state index in [1.807, 2.05) is 30.3 Å². The molecule has 0 aromatic heterocycles. The summed E-state index contributed by atoms with van der Waals surface area (Å²) in [6.07, 6.45) is -0.150. The van der Waals surface area contributed by atoms with Gasteiger partial charge in [-0.2, -0.15) is 10.2 Å². The fourth-order valence-electron chi connectivity index (χ4n) is 2.80. The van der Waals surface area contributed by atoms with E-state index in [2.05, 4.69) is 39.6 Å². The summed E-state index contributed by atoms with van der Waals surface area (Å²) >= 11 is 0. The first-order chi connectivity index (χ1) is 14.5. The van der Waals surface area contributed by atoms with Gasteiger partial charge < -0.3 is 20.6 Å². The van der Waals surface area contributed by atoms with Crippen molar-refractivity contribution in [2.45, 2.75) is 26.3 Å². The Morgan fingerprint density at radius 2 is 1.57 bits per heavy atom. The lowest BCUT2D eigenvalue weighted by molar-refractivity contribution is -0.141. The van der Waals surface area contributed by atoms with Crippen LogP contribution in [0.2, 0.25) is 0 Å². The van der Waals surface area contributed by atoms with Crippen LogP contribution in [0.5, 0.6) is 0 Å². The molecule has 8 heteroatoms. The monoisotopic (exact) mass is 411 g/mol. The van der Waals surface area contributed by atoms with Crippen LogP contribution in [0.1, 0.15) is 20.3 Å². The summed E-state index contributed by atoms with van der Waals surface area (Å²) in [6.45, 7) is 7.15. The van der Waals surface area contributed by atoms with Crippen molar-refractivity contribution in [3.05, 3.63) is 54.6 Å². The normalized spacial score (nSPS) is 12.2. The zero-order valence-corrected chi connectivity index (χ0v) is 17.4. The van der Waals surface area contributed by atoms with Gasteiger partial charge in [0.2, 0.25) is 5.91 Å². The molecule has 0 unspecified atom stereocenters. The molecule has 0 radical (unpaired) electrons. The number of amides is 1. The number of nitrogens with zero attached hydrogens (tertiary/aromatic N) is 3. The first-order valence-electron chi connectivity index (χ1n) is 10.1. The molecule has 0 saturated heterocycles. The SMILES string of the molecule is CCN(CC)CCN[C@@H](CC(=O)Nc1ccc(N=Nc2ccccc2)cc1)C(=O)O. The molecule has 0 saturated carbocycles. The van der Waals surface area contributed by atoms with Crippen molar-refractivity contribution in [3.8, 4) is 0 Å². The van der Waals surface area contributed by atoms with E-state index in [9.17, 15) is 14.7 Å². The summed E-state index contributed by atoms with van der Waals surface area (Å²) in [5.41, 5.74) is 1.98. The molecule has 2 rings (SSSR count). The van der Waals surface area contributed by atoms with E-state index in [1.54, 1.807) is 24.3 Å². The van der Waals surface area contributed by atoms with Gasteiger partial charge in [0.1, 0.15) is 6.04 Å². The van der Waals surface area contributed by atoms with Gasteiger partial charge in [0.15, 0.2) is 0 Å². The van der Waals surface area contributed by atoms with E-state index in [0.717, 1.165) is 25.3 Å². The van der Waals surface area contributed by atoms with Crippen molar-refractivity contribution >= 4 is 28.9 Å². The minimum Gasteiger partial charge on any atom is -0.480 e. The van der Waals surface area contributed by atoms with Crippen LogP contribution in [0.15, 0.2) is 64.8 Å². The van der Waals surface area contributed by atoms with Gasteiger partial charge in [-0.3, -0.25) is 9.59 Å². The molecule has 3 N–H and O–H groups in total. The van der Waals surface area contributed by atoms with Gasteiger partial charge in [0.05, 0.1) is 17.8 Å². The molecule has 30 heavy (non-hydrogen) atoms. The molecule has 160 valence electrons. The molecule has 0 aliphatic heterocycles. The largest absolute Gasteiger partial charge is 0.480 e. The second kappa shape index (κ2) is 12.5. The van der Waals surface area contributed by atoms with Crippen LogP contribution in [-0.4, -0.2) is 54.1 Å². The highest BCUT2D eigenvalue weighted by atomic mass is 16.4. The van der Waals surface area contributed by atoms with E-state index < -0.39 is 12.0 Å². The fourth-order valence-corrected chi connectivity index (χ4v) is 2.80. The average Bonchev–Trinajstić information content (AvgIpc) is 2.76. The minimum absolute atomic E-state index is 0.150. The number of likely N-dealkylation sites (N-methyl/N-ethyl adjacent to an activating group) is 1. The Labute approximate surface area is 177 Å². The van der Waals surface area contributed by atoms with Gasteiger partial charge >= 0.3 is 5.97 Å². The van der Waals surface area contributed by atoms with Crippen LogP contribution in [0.3, 0.4) is 0 Å². The Kier molecular flexibility index (Phi) is 9.63. The number of anilines is 1. The number of carboxylic acid groups (broad SMARTS) is 1. The molecule has 2 aromatic rings. The zero-order valence-electron chi connectivity index (χ0n) is 17.4. The average molecular weight is 412 g/mol. The quantitative estimate of drug-likeness (QED) is 0.461. The molecule has 0 spiro atoms. The lowest BCUT2D eigenvalue weighted by atomic mass is 10.2. The number of carbonyl (C=O) groups is 2. The van der Waals surface area contributed by atoms with E-state index in [4.69, 9.17) is 0 Å². The van der Waals surface area contributed by atoms with Crippen LogP contribution >= 0.6 is 0 Å². The summed E-state index contributed by atoms with van der Waals surface area (Å²) in [5.74, 6) is -1.40. The number of nitrogens with one attached hydrogen (secondary N) is 2. The summed E-state index contributed by atoms with van der Waals surface area (Å²) in [4.78, 5) is 25.9. The Morgan fingerprint density at radius 3 is 2.13 bits per heavy atom. The molecular weight excluding hydrogens is 382 g/mol. The van der Waals surface area contributed by atoms with Gasteiger partial charge in [-0.25, -0.2) is 0 Å². The number of carboxylic acids is 1. The first kappa shape index (κ1) is 23.2. The number of aliphatic carboxylic acids is 1. The number of benzene rings is 2. The molecule has 0 aliphatic rings. The van der Waals surface area contributed by atoms with Crippen LogP contribution in [-0.2, 0) is 9.59 Å². The van der Waals surface area contributed by atoms with Crippen molar-refractivity contribution in [2.24, 2.45) is 10.2 Å². The Balaban J connectivity index is 1.85. The van der Waals surface area contributed by atoms with Crippen molar-refractivity contribution in [3.63, 3.8) is 0 Å². The summed E-state index contributed by atoms with van der Waals surface area (Å²) in [5, 5.41) is 23.3. The smallest absolute Gasteiger partial charge is 0.321 e. The highest BCUT2D eigenvalue weighted by molar-refractivity contribution is 5.94. The van der Waals surface area contributed by atoms with Crippen LogP contribution in [0, 0.1) is 0 Å². The van der Waals surface area contributed by atoms with E-state index in [1.165, 1.54) is 0 Å². The van der Waals surface area contributed by atoms with Gasteiger partial charge in [-0.1, -0.05) is 32.0 Å². The fraction of sp³-hybridized carbons (Fsp3) is 0.364. The predicted molar refractivity (Wildman–Crippen MR) is 118 cm³/mol. The van der Waals surface area contributed by atoms with Crippen molar-refractivity contribution in [2.75, 3.05) is 31.5 Å². The molecular formula is C22H29N5O3. The van der Waals surface area contributed by atoms with Crippen LogP contribution in [0.4, 0.5) is 17.1 Å². The number of carbonyl (C=O) groups excluding carboxylic acids is 1. The number of hydrogen-bond acceptors (Lipinski definition) is 6. The van der Waals surface area contributed by atoms with Crippen LogP contribution in [0.25, 0.3) is 0 Å². The van der Waals surface area contributed by atoms with E-state index in [-0.39, 0.29) is 12.3 Å². The lowest BCUT2D eigenvalue weighted by Gasteiger charge is -2.20. The molecule has 0 aliphatic carbocycles. The van der Waals surface area contributed by atoms with Crippen molar-refractivity contribution < 1.29 is 14.7 Å². The number of azo groups is 1. The number of rotatable bonds is 12. The second-order valence-electron chi connectivity index (χ2n) is 6.71. The van der Waals surface area contributed by atoms with E-state index in [0.29, 0.717) is 17.9 Å². The third-order valence-corrected chi connectivity index (χ3v) is 4.59. The van der Waals surface area contributed by atoms with E-state index >= 15 is 0 Å². The van der Waals surface area contributed by atoms with Gasteiger partial charge in [0, 0.05) is 18.8 Å². The molecule has 1 atom stereocenters. The summed E-state index contributed by atoms with van der Waals surface area (Å²) < 4.78 is 0. The third kappa shape index (κ3) is 8.10. The van der Waals surface area contributed by atoms with Gasteiger partial charge in [-0.15, -0.1) is 0 Å². The maximum Gasteiger partial charge on any atom is 0.321 e. The topological polar surface area (TPSA) is 106 Å². The highest BCUT2D eigenvalue weighted by Gasteiger charge is 2.20. The lowest BCUT2D eigenvalue weighted by Crippen LogP contribution is -2.43. The summed E-state index contributed by atoms with van der Waals surface area (Å²) in [7, 11) is 0. The molecule has 8 nitrogen and oxygen atoms in total. The van der Waals surface area contributed by atoms with Gasteiger partial charge in [0.25, 0.3) is 0 Å². The third-order valence-electron chi connectivity index (χ3n) is 4.59. The highest BCUT2D eigenvalue weighted by Crippen LogP contribution is 2.20. The molecule has 1 amide bonds. The maximum atomic E-state index is 12.3.